The summed E-state index contributed by atoms with van der Waals surface area (Å²) in [6.07, 6.45) is 3.41. The average Bonchev–Trinajstić information content (AvgIpc) is 3.82. The number of benzene rings is 3. The van der Waals surface area contributed by atoms with Gasteiger partial charge in [-0.1, -0.05) is 17.7 Å². The van der Waals surface area contributed by atoms with Crippen LogP contribution in [0.1, 0.15) is 32.1 Å². The Morgan fingerprint density at radius 1 is 0.955 bits per heavy atom. The van der Waals surface area contributed by atoms with Crippen LogP contribution >= 0.6 is 11.6 Å². The van der Waals surface area contributed by atoms with Crippen molar-refractivity contribution in [2.24, 2.45) is 5.41 Å². The van der Waals surface area contributed by atoms with Gasteiger partial charge in [-0.2, -0.15) is 0 Å². The number of ether oxygens (including phenoxy) is 3. The number of carboxylic acids is 1. The second-order valence-corrected chi connectivity index (χ2v) is 10.6. The van der Waals surface area contributed by atoms with Crippen LogP contribution in [0.5, 0.6) is 23.0 Å². The molecule has 0 atom stereocenters. The Labute approximate surface area is 257 Å². The number of aromatic nitrogens is 1. The summed E-state index contributed by atoms with van der Waals surface area (Å²) in [6, 6.07) is 15.3. The third-order valence-electron chi connectivity index (χ3n) is 7.18. The summed E-state index contributed by atoms with van der Waals surface area (Å²) in [5.74, 6) is -0.695. The number of nitrogens with zero attached hydrogens (tertiary/aromatic N) is 1. The predicted molar refractivity (Wildman–Crippen MR) is 162 cm³/mol. The fourth-order valence-corrected chi connectivity index (χ4v) is 4.77. The van der Waals surface area contributed by atoms with Gasteiger partial charge in [0, 0.05) is 29.8 Å². The molecule has 2 amide bonds. The van der Waals surface area contributed by atoms with Crippen LogP contribution in [0.2, 0.25) is 5.02 Å². The number of amides is 2. The van der Waals surface area contributed by atoms with Crippen molar-refractivity contribution in [1.29, 1.82) is 0 Å². The minimum atomic E-state index is -1.26. The van der Waals surface area contributed by atoms with Gasteiger partial charge in [-0.25, -0.2) is 4.39 Å². The lowest BCUT2D eigenvalue weighted by Crippen LogP contribution is -2.35. The van der Waals surface area contributed by atoms with Gasteiger partial charge in [0.1, 0.15) is 27.8 Å². The van der Waals surface area contributed by atoms with Crippen LogP contribution in [0, 0.1) is 11.2 Å². The van der Waals surface area contributed by atoms with Crippen molar-refractivity contribution in [3.05, 3.63) is 77.7 Å². The SMILES string of the molecule is COc1cc2c(Oc3cccc(NC(=O)C4(C(=O)Nc5ccc(F)cc5)CC4)c3Cl)ccnc2cc1OCCCCC(=O)O. The summed E-state index contributed by atoms with van der Waals surface area (Å²) in [5, 5.41) is 15.0. The number of carboxylic acid groups (broad SMARTS) is 1. The number of aliphatic carboxylic acids is 1. The van der Waals surface area contributed by atoms with Gasteiger partial charge < -0.3 is 30.0 Å². The van der Waals surface area contributed by atoms with Crippen LogP contribution in [-0.2, 0) is 14.4 Å². The lowest BCUT2D eigenvalue weighted by molar-refractivity contribution is -0.137. The smallest absolute Gasteiger partial charge is 0.303 e. The lowest BCUT2D eigenvalue weighted by Gasteiger charge is -2.18. The van der Waals surface area contributed by atoms with Crippen molar-refractivity contribution in [2.45, 2.75) is 32.1 Å². The fourth-order valence-electron chi connectivity index (χ4n) is 4.56. The number of unbranched alkanes of at least 4 members (excludes halogenated alkanes) is 1. The van der Waals surface area contributed by atoms with Crippen molar-refractivity contribution in [3.63, 3.8) is 0 Å². The summed E-state index contributed by atoms with van der Waals surface area (Å²) in [7, 11) is 1.50. The summed E-state index contributed by atoms with van der Waals surface area (Å²) in [5.41, 5.74) is -0.0426. The van der Waals surface area contributed by atoms with E-state index in [1.54, 1.807) is 42.6 Å². The molecule has 1 heterocycles. The number of halogens is 2. The molecular weight excluding hydrogens is 593 g/mol. The predicted octanol–water partition coefficient (Wildman–Crippen LogP) is 6.82. The normalized spacial score (nSPS) is 13.2. The van der Waals surface area contributed by atoms with Gasteiger partial charge in [-0.15, -0.1) is 0 Å². The molecule has 10 nitrogen and oxygen atoms in total. The van der Waals surface area contributed by atoms with Crippen LogP contribution in [-0.4, -0.2) is 41.6 Å². The van der Waals surface area contributed by atoms with Gasteiger partial charge in [0.25, 0.3) is 0 Å². The number of nitrogens with one attached hydrogen (secondary N) is 2. The van der Waals surface area contributed by atoms with Gasteiger partial charge >= 0.3 is 5.97 Å². The average molecular weight is 622 g/mol. The Bertz CT molecular complexity index is 1710. The molecule has 1 aromatic heterocycles. The number of carbonyl (C=O) groups excluding carboxylic acids is 2. The molecule has 4 aromatic rings. The van der Waals surface area contributed by atoms with Crippen LogP contribution in [0.15, 0.2) is 66.9 Å². The molecule has 3 N–H and O–H groups in total. The zero-order chi connectivity index (χ0) is 31.3. The molecule has 0 unspecified atom stereocenters. The third-order valence-corrected chi connectivity index (χ3v) is 7.57. The molecule has 1 aliphatic carbocycles. The summed E-state index contributed by atoms with van der Waals surface area (Å²) >= 11 is 6.66. The number of rotatable bonds is 13. The highest BCUT2D eigenvalue weighted by atomic mass is 35.5. The number of methoxy groups -OCH3 is 1. The van der Waals surface area contributed by atoms with E-state index in [1.807, 2.05) is 0 Å². The first-order chi connectivity index (χ1) is 21.2. The van der Waals surface area contributed by atoms with Crippen molar-refractivity contribution >= 4 is 51.7 Å². The van der Waals surface area contributed by atoms with E-state index < -0.39 is 29.0 Å². The molecule has 0 saturated heterocycles. The highest BCUT2D eigenvalue weighted by Crippen LogP contribution is 2.48. The van der Waals surface area contributed by atoms with Gasteiger partial charge in [0.15, 0.2) is 11.5 Å². The molecule has 44 heavy (non-hydrogen) atoms. The van der Waals surface area contributed by atoms with Crippen molar-refractivity contribution < 1.29 is 38.1 Å². The number of pyridine rings is 1. The van der Waals surface area contributed by atoms with Crippen molar-refractivity contribution in [2.75, 3.05) is 24.4 Å². The topological polar surface area (TPSA) is 136 Å². The second-order valence-electron chi connectivity index (χ2n) is 10.2. The van der Waals surface area contributed by atoms with E-state index in [9.17, 15) is 18.8 Å². The third kappa shape index (κ3) is 6.84. The maximum Gasteiger partial charge on any atom is 0.303 e. The molecule has 1 fully saturated rings. The molecule has 228 valence electrons. The molecule has 1 aliphatic rings. The minimum Gasteiger partial charge on any atom is -0.493 e. The summed E-state index contributed by atoms with van der Waals surface area (Å²) in [6.45, 7) is 0.314. The largest absolute Gasteiger partial charge is 0.493 e. The van der Waals surface area contributed by atoms with E-state index in [1.165, 1.54) is 31.4 Å². The number of fused-ring (bicyclic) bond motifs is 1. The van der Waals surface area contributed by atoms with E-state index >= 15 is 0 Å². The first kappa shape index (κ1) is 30.6. The van der Waals surface area contributed by atoms with Crippen LogP contribution in [0.4, 0.5) is 15.8 Å². The molecule has 5 rings (SSSR count). The van der Waals surface area contributed by atoms with Gasteiger partial charge in [0.2, 0.25) is 11.8 Å². The zero-order valence-corrected chi connectivity index (χ0v) is 24.4. The Morgan fingerprint density at radius 3 is 2.41 bits per heavy atom. The number of hydrogen-bond acceptors (Lipinski definition) is 7. The Balaban J connectivity index is 1.30. The Hall–Kier alpha value is -4.90. The van der Waals surface area contributed by atoms with Gasteiger partial charge in [-0.3, -0.25) is 19.4 Å². The number of carbonyl (C=O) groups is 3. The van der Waals surface area contributed by atoms with Crippen LogP contribution in [0.3, 0.4) is 0 Å². The maximum atomic E-state index is 13.2. The van der Waals surface area contributed by atoms with Crippen LogP contribution in [0.25, 0.3) is 10.9 Å². The van der Waals surface area contributed by atoms with Gasteiger partial charge in [0.05, 0.1) is 24.9 Å². The molecule has 12 heteroatoms. The lowest BCUT2D eigenvalue weighted by atomic mass is 10.0. The van der Waals surface area contributed by atoms with E-state index in [0.717, 1.165) is 0 Å². The van der Waals surface area contributed by atoms with E-state index in [-0.39, 0.29) is 22.9 Å². The Morgan fingerprint density at radius 2 is 1.70 bits per heavy atom. The Kier molecular flexibility index (Phi) is 9.15. The van der Waals surface area contributed by atoms with Crippen molar-refractivity contribution in [3.8, 4) is 23.0 Å². The summed E-state index contributed by atoms with van der Waals surface area (Å²) in [4.78, 5) is 41.3. The molecule has 0 radical (unpaired) electrons. The maximum absolute atomic E-state index is 13.2. The second kappa shape index (κ2) is 13.2. The fraction of sp³-hybridized carbons (Fsp3) is 0.250. The van der Waals surface area contributed by atoms with Crippen LogP contribution < -0.4 is 24.8 Å². The first-order valence-corrected chi connectivity index (χ1v) is 14.2. The number of hydrogen-bond donors (Lipinski definition) is 3. The molecule has 0 aliphatic heterocycles. The molecule has 0 spiro atoms. The standard InChI is InChI=1S/C32H29ClFN3O7/c1-42-26-17-21-23(18-27(26)43-16-3-2-7-28(38)39)35-15-12-24(21)44-25-6-4-5-22(29(25)33)37-31(41)32(13-14-32)30(40)36-20-10-8-19(34)9-11-20/h4-6,8-12,15,17-18H,2-3,7,13-14,16H2,1H3,(H,36,40)(H,37,41)(H,38,39). The molecule has 1 saturated carbocycles. The van der Waals surface area contributed by atoms with E-state index in [0.29, 0.717) is 66.1 Å². The van der Waals surface area contributed by atoms with Crippen molar-refractivity contribution in [1.82, 2.24) is 4.98 Å². The van der Waals surface area contributed by atoms with E-state index in [4.69, 9.17) is 30.9 Å². The molecule has 0 bridgehead atoms. The molecule has 3 aromatic carbocycles. The summed E-state index contributed by atoms with van der Waals surface area (Å²) < 4.78 is 30.7. The monoisotopic (exact) mass is 621 g/mol. The number of anilines is 2. The quantitative estimate of drug-likeness (QED) is 0.109. The first-order valence-electron chi connectivity index (χ1n) is 13.9. The highest BCUT2D eigenvalue weighted by molar-refractivity contribution is 6.35. The molecular formula is C32H29ClFN3O7. The minimum absolute atomic E-state index is 0.0711. The van der Waals surface area contributed by atoms with E-state index in [2.05, 4.69) is 15.6 Å². The highest BCUT2D eigenvalue weighted by Gasteiger charge is 2.56. The van der Waals surface area contributed by atoms with Gasteiger partial charge in [-0.05, 0) is 74.2 Å². The zero-order valence-electron chi connectivity index (χ0n) is 23.7.